The Labute approximate surface area is 188 Å². The topological polar surface area (TPSA) is 85.0 Å². The van der Waals surface area contributed by atoms with Crippen molar-refractivity contribution in [1.82, 2.24) is 0 Å². The average molecular weight is 443 g/mol. The van der Waals surface area contributed by atoms with E-state index in [1.54, 1.807) is 32.0 Å². The van der Waals surface area contributed by atoms with Gasteiger partial charge in [0.2, 0.25) is 0 Å². The van der Waals surface area contributed by atoms with Crippen LogP contribution in [0, 0.1) is 19.7 Å². The van der Waals surface area contributed by atoms with E-state index < -0.39 is 17.8 Å². The molecule has 3 atom stereocenters. The van der Waals surface area contributed by atoms with Crippen molar-refractivity contribution in [3.63, 3.8) is 0 Å². The highest BCUT2D eigenvalue weighted by atomic mass is 19.1. The summed E-state index contributed by atoms with van der Waals surface area (Å²) >= 11 is 0. The van der Waals surface area contributed by atoms with Gasteiger partial charge in [0.05, 0.1) is 38.3 Å². The third-order valence-corrected chi connectivity index (χ3v) is 6.50. The summed E-state index contributed by atoms with van der Waals surface area (Å²) in [6.45, 7) is 6.97. The fourth-order valence-corrected chi connectivity index (χ4v) is 5.05. The summed E-state index contributed by atoms with van der Waals surface area (Å²) in [5.74, 6) is -0.767. The van der Waals surface area contributed by atoms with Gasteiger partial charge in [0, 0.05) is 28.9 Å². The summed E-state index contributed by atoms with van der Waals surface area (Å²) in [6.07, 6.45) is 2.06. The maximum Gasteiger partial charge on any atom is 0.307 e. The molecule has 2 fully saturated rings. The number of phenols is 1. The number of fused-ring (bicyclic) bond motifs is 2. The minimum atomic E-state index is -0.835. The van der Waals surface area contributed by atoms with Crippen molar-refractivity contribution in [1.29, 1.82) is 0 Å². The molecule has 2 unspecified atom stereocenters. The number of hydrogen-bond acceptors (Lipinski definition) is 6. The molecule has 0 saturated carbocycles. The van der Waals surface area contributed by atoms with Crippen LogP contribution in [0.3, 0.4) is 0 Å². The second kappa shape index (κ2) is 9.08. The number of aromatic hydroxyl groups is 1. The van der Waals surface area contributed by atoms with Gasteiger partial charge in [-0.2, -0.15) is 0 Å². The largest absolute Gasteiger partial charge is 0.507 e. The number of benzene rings is 2. The standard InChI is InChI=1S/C25H31FN2O4/c1-4-32-23(30)11-21(27)20-9-16(7-15(3)25(20)26)24-14(2)8-19(10-22(24)29)28-17-5-6-18(28)13-31-12-17/h7-10,17-18,21,29H,4-6,11-13,27H2,1-3H3/t17?,18?,21-/m0/s1. The highest BCUT2D eigenvalue weighted by Gasteiger charge is 2.37. The fraction of sp³-hybridized carbons (Fsp3) is 0.480. The molecule has 2 heterocycles. The van der Waals surface area contributed by atoms with Gasteiger partial charge in [-0.3, -0.25) is 4.79 Å². The van der Waals surface area contributed by atoms with E-state index in [4.69, 9.17) is 15.2 Å². The molecule has 0 aromatic heterocycles. The molecule has 6 nitrogen and oxygen atoms in total. The Bertz CT molecular complexity index is 986. The van der Waals surface area contributed by atoms with Gasteiger partial charge in [-0.25, -0.2) is 4.39 Å². The predicted octanol–water partition coefficient (Wildman–Crippen LogP) is 4.14. The van der Waals surface area contributed by atoms with Crippen molar-refractivity contribution >= 4 is 11.7 Å². The van der Waals surface area contributed by atoms with Crippen LogP contribution in [-0.2, 0) is 14.3 Å². The number of carbonyl (C=O) groups is 1. The summed E-state index contributed by atoms with van der Waals surface area (Å²) in [6, 6.07) is 7.03. The molecular formula is C25H31FN2O4. The minimum absolute atomic E-state index is 0.114. The number of phenolic OH excluding ortho intramolecular Hbond substituents is 1. The maximum absolute atomic E-state index is 14.9. The molecule has 7 heteroatoms. The summed E-state index contributed by atoms with van der Waals surface area (Å²) in [5.41, 5.74) is 9.99. The quantitative estimate of drug-likeness (QED) is 0.654. The number of nitrogens with zero attached hydrogens (tertiary/aromatic N) is 1. The van der Waals surface area contributed by atoms with Crippen LogP contribution in [0.25, 0.3) is 11.1 Å². The number of ether oxygens (including phenoxy) is 2. The van der Waals surface area contributed by atoms with Crippen molar-refractivity contribution in [2.24, 2.45) is 5.73 Å². The molecule has 0 spiro atoms. The summed E-state index contributed by atoms with van der Waals surface area (Å²) in [4.78, 5) is 14.2. The molecule has 0 radical (unpaired) electrons. The van der Waals surface area contributed by atoms with E-state index >= 15 is 0 Å². The lowest BCUT2D eigenvalue weighted by atomic mass is 9.92. The van der Waals surface area contributed by atoms with Crippen LogP contribution < -0.4 is 10.6 Å². The Hall–Kier alpha value is -2.64. The molecule has 32 heavy (non-hydrogen) atoms. The van der Waals surface area contributed by atoms with E-state index in [0.29, 0.717) is 42.0 Å². The Morgan fingerprint density at radius 1 is 1.22 bits per heavy atom. The van der Waals surface area contributed by atoms with Gasteiger partial charge in [0.25, 0.3) is 0 Å². The molecule has 2 saturated heterocycles. The Morgan fingerprint density at radius 2 is 1.91 bits per heavy atom. The van der Waals surface area contributed by atoms with Gasteiger partial charge in [-0.15, -0.1) is 0 Å². The van der Waals surface area contributed by atoms with Crippen molar-refractivity contribution < 1.29 is 23.8 Å². The predicted molar refractivity (Wildman–Crippen MR) is 121 cm³/mol. The van der Waals surface area contributed by atoms with E-state index in [9.17, 15) is 14.3 Å². The number of anilines is 1. The van der Waals surface area contributed by atoms with Crippen LogP contribution in [0.5, 0.6) is 5.75 Å². The van der Waals surface area contributed by atoms with Crippen LogP contribution in [0.4, 0.5) is 10.1 Å². The van der Waals surface area contributed by atoms with Crippen LogP contribution in [0.15, 0.2) is 24.3 Å². The number of nitrogens with two attached hydrogens (primary N) is 1. The number of esters is 1. The zero-order chi connectivity index (χ0) is 23.0. The van der Waals surface area contributed by atoms with Crippen LogP contribution in [-0.4, -0.2) is 43.0 Å². The Morgan fingerprint density at radius 3 is 2.53 bits per heavy atom. The number of morpholine rings is 1. The molecule has 3 N–H and O–H groups in total. The molecule has 4 rings (SSSR count). The lowest BCUT2D eigenvalue weighted by Crippen LogP contribution is -2.45. The smallest absolute Gasteiger partial charge is 0.307 e. The molecule has 2 aromatic rings. The van der Waals surface area contributed by atoms with E-state index in [1.165, 1.54) is 0 Å². The molecule has 172 valence electrons. The molecular weight excluding hydrogens is 411 g/mol. The second-order valence-electron chi connectivity index (χ2n) is 8.80. The highest BCUT2D eigenvalue weighted by Crippen LogP contribution is 2.42. The van der Waals surface area contributed by atoms with Gasteiger partial charge in [0.1, 0.15) is 11.6 Å². The maximum atomic E-state index is 14.9. The molecule has 2 aromatic carbocycles. The monoisotopic (exact) mass is 442 g/mol. The summed E-state index contributed by atoms with van der Waals surface area (Å²) in [7, 11) is 0. The van der Waals surface area contributed by atoms with Crippen LogP contribution in [0.2, 0.25) is 0 Å². The van der Waals surface area contributed by atoms with Gasteiger partial charge < -0.3 is 25.2 Å². The number of halogens is 1. The third-order valence-electron chi connectivity index (χ3n) is 6.50. The van der Waals surface area contributed by atoms with E-state index in [1.807, 2.05) is 6.92 Å². The number of carbonyl (C=O) groups excluding carboxylic acids is 1. The zero-order valence-electron chi connectivity index (χ0n) is 18.9. The lowest BCUT2D eigenvalue weighted by Gasteiger charge is -2.37. The first-order chi connectivity index (χ1) is 15.3. The molecule has 2 aliphatic heterocycles. The fourth-order valence-electron chi connectivity index (χ4n) is 5.05. The van der Waals surface area contributed by atoms with Gasteiger partial charge in [-0.1, -0.05) is 0 Å². The number of hydrogen-bond donors (Lipinski definition) is 2. The summed E-state index contributed by atoms with van der Waals surface area (Å²) in [5, 5.41) is 11.0. The average Bonchev–Trinajstić information content (AvgIpc) is 2.98. The highest BCUT2D eigenvalue weighted by molar-refractivity contribution is 5.78. The molecule has 0 aliphatic carbocycles. The SMILES string of the molecule is CCOC(=O)C[C@H](N)c1cc(-c2c(C)cc(N3C4CCC3COC4)cc2O)cc(C)c1F. The van der Waals surface area contributed by atoms with Crippen LogP contribution >= 0.6 is 0 Å². The van der Waals surface area contributed by atoms with Crippen molar-refractivity contribution in [2.75, 3.05) is 24.7 Å². The first-order valence-electron chi connectivity index (χ1n) is 11.2. The Kier molecular flexibility index (Phi) is 6.40. The van der Waals surface area contributed by atoms with Crippen molar-refractivity contribution in [3.8, 4) is 16.9 Å². The van der Waals surface area contributed by atoms with Crippen LogP contribution in [0.1, 0.15) is 48.9 Å². The van der Waals surface area contributed by atoms with Crippen molar-refractivity contribution in [3.05, 3.63) is 46.8 Å². The van der Waals surface area contributed by atoms with Crippen molar-refractivity contribution in [2.45, 2.75) is 58.2 Å². The third kappa shape index (κ3) is 4.19. The zero-order valence-corrected chi connectivity index (χ0v) is 18.9. The van der Waals surface area contributed by atoms with E-state index in [-0.39, 0.29) is 24.3 Å². The second-order valence-corrected chi connectivity index (χ2v) is 8.80. The first-order valence-corrected chi connectivity index (χ1v) is 11.2. The Balaban J connectivity index is 1.69. The first kappa shape index (κ1) is 22.6. The number of rotatable bonds is 6. The molecule has 2 bridgehead atoms. The number of aryl methyl sites for hydroxylation is 2. The molecule has 0 amide bonds. The summed E-state index contributed by atoms with van der Waals surface area (Å²) < 4.78 is 25.5. The van der Waals surface area contributed by atoms with Gasteiger partial charge in [0.15, 0.2) is 0 Å². The van der Waals surface area contributed by atoms with Gasteiger partial charge >= 0.3 is 5.97 Å². The molecule has 2 aliphatic rings. The normalized spacial score (nSPS) is 21.0. The minimum Gasteiger partial charge on any atom is -0.507 e. The van der Waals surface area contributed by atoms with E-state index in [2.05, 4.69) is 11.0 Å². The van der Waals surface area contributed by atoms with Gasteiger partial charge in [-0.05, 0) is 68.5 Å². The lowest BCUT2D eigenvalue weighted by molar-refractivity contribution is -0.143. The van der Waals surface area contributed by atoms with E-state index in [0.717, 1.165) is 24.1 Å².